The molecule has 0 spiro atoms. The maximum absolute atomic E-state index is 12.3. The molecule has 2 amide bonds. The van der Waals surface area contributed by atoms with Gasteiger partial charge in [0.15, 0.2) is 0 Å². The molecule has 2 rings (SSSR count). The molecular weight excluding hydrogens is 300 g/mol. The summed E-state index contributed by atoms with van der Waals surface area (Å²) in [4.78, 5) is 25.9. The average Bonchev–Trinajstić information content (AvgIpc) is 2.52. The summed E-state index contributed by atoms with van der Waals surface area (Å²) in [5.74, 6) is -0.312. The maximum atomic E-state index is 12.3. The molecule has 0 radical (unpaired) electrons. The maximum Gasteiger partial charge on any atom is 0.240 e. The smallest absolute Gasteiger partial charge is 0.240 e. The monoisotopic (exact) mass is 324 g/mol. The highest BCUT2D eigenvalue weighted by Gasteiger charge is 2.19. The van der Waals surface area contributed by atoms with Gasteiger partial charge in [0, 0.05) is 13.5 Å². The van der Waals surface area contributed by atoms with Crippen LogP contribution in [0.4, 0.5) is 5.69 Å². The largest absolute Gasteiger partial charge is 0.350 e. The summed E-state index contributed by atoms with van der Waals surface area (Å²) in [6.45, 7) is 7.92. The third kappa shape index (κ3) is 4.44. The van der Waals surface area contributed by atoms with E-state index in [0.717, 1.165) is 27.9 Å². The van der Waals surface area contributed by atoms with Crippen molar-refractivity contribution < 1.29 is 9.59 Å². The third-order valence-corrected chi connectivity index (χ3v) is 3.92. The first-order valence-corrected chi connectivity index (χ1v) is 8.05. The quantitative estimate of drug-likeness (QED) is 0.917. The lowest BCUT2D eigenvalue weighted by atomic mass is 10.0. The number of hydrogen-bond donors (Lipinski definition) is 1. The van der Waals surface area contributed by atoms with Crippen LogP contribution in [-0.2, 0) is 16.1 Å². The van der Waals surface area contributed by atoms with Crippen LogP contribution in [-0.4, -0.2) is 18.4 Å². The molecule has 24 heavy (non-hydrogen) atoms. The molecule has 0 heterocycles. The Bertz CT molecular complexity index is 716. The molecule has 4 nitrogen and oxygen atoms in total. The normalized spacial score (nSPS) is 10.3. The van der Waals surface area contributed by atoms with Crippen molar-refractivity contribution in [3.05, 3.63) is 64.7 Å². The zero-order valence-corrected chi connectivity index (χ0v) is 14.7. The van der Waals surface area contributed by atoms with Crippen LogP contribution in [0, 0.1) is 20.8 Å². The Kier molecular flexibility index (Phi) is 5.74. The van der Waals surface area contributed by atoms with E-state index in [-0.39, 0.29) is 18.4 Å². The zero-order chi connectivity index (χ0) is 17.7. The lowest BCUT2D eigenvalue weighted by Crippen LogP contribution is -2.40. The second-order valence-electron chi connectivity index (χ2n) is 6.11. The van der Waals surface area contributed by atoms with Crippen molar-refractivity contribution in [2.24, 2.45) is 0 Å². The van der Waals surface area contributed by atoms with Gasteiger partial charge in [-0.15, -0.1) is 0 Å². The first kappa shape index (κ1) is 17.7. The van der Waals surface area contributed by atoms with Crippen LogP contribution in [0.15, 0.2) is 42.5 Å². The number of anilines is 1. The summed E-state index contributed by atoms with van der Waals surface area (Å²) in [6, 6.07) is 13.8. The van der Waals surface area contributed by atoms with Gasteiger partial charge in [0.05, 0.1) is 5.69 Å². The van der Waals surface area contributed by atoms with Crippen molar-refractivity contribution in [2.45, 2.75) is 34.2 Å². The molecule has 0 bridgehead atoms. The minimum Gasteiger partial charge on any atom is -0.350 e. The molecule has 1 N–H and O–H groups in total. The van der Waals surface area contributed by atoms with Crippen LogP contribution < -0.4 is 10.2 Å². The molecule has 0 aromatic heterocycles. The number of carbonyl (C=O) groups excluding carboxylic acids is 2. The highest BCUT2D eigenvalue weighted by molar-refractivity contribution is 5.98. The Morgan fingerprint density at radius 3 is 2.12 bits per heavy atom. The number of nitrogens with one attached hydrogen (secondary N) is 1. The van der Waals surface area contributed by atoms with Gasteiger partial charge in [-0.25, -0.2) is 0 Å². The van der Waals surface area contributed by atoms with Crippen molar-refractivity contribution in [1.82, 2.24) is 5.32 Å². The molecule has 2 aromatic rings. The average molecular weight is 324 g/mol. The van der Waals surface area contributed by atoms with E-state index in [1.165, 1.54) is 6.92 Å². The Morgan fingerprint density at radius 2 is 1.58 bits per heavy atom. The van der Waals surface area contributed by atoms with E-state index in [1.807, 2.05) is 63.2 Å². The van der Waals surface area contributed by atoms with Crippen molar-refractivity contribution in [3.8, 4) is 0 Å². The SMILES string of the molecule is CC(=O)N(CC(=O)NCc1ccccc1)c1c(C)cc(C)cc1C. The second kappa shape index (κ2) is 7.77. The fraction of sp³-hybridized carbons (Fsp3) is 0.300. The van der Waals surface area contributed by atoms with Crippen molar-refractivity contribution in [1.29, 1.82) is 0 Å². The Morgan fingerprint density at radius 1 is 1.00 bits per heavy atom. The number of aryl methyl sites for hydroxylation is 3. The zero-order valence-electron chi connectivity index (χ0n) is 14.7. The molecule has 0 atom stereocenters. The molecule has 0 saturated heterocycles. The number of hydrogen-bond acceptors (Lipinski definition) is 2. The van der Waals surface area contributed by atoms with Crippen LogP contribution in [0.1, 0.15) is 29.2 Å². The molecule has 2 aromatic carbocycles. The van der Waals surface area contributed by atoms with Gasteiger partial charge < -0.3 is 10.2 Å². The first-order valence-electron chi connectivity index (χ1n) is 8.05. The van der Waals surface area contributed by atoms with E-state index in [9.17, 15) is 9.59 Å². The summed E-state index contributed by atoms with van der Waals surface area (Å²) in [7, 11) is 0. The van der Waals surface area contributed by atoms with Crippen LogP contribution in [0.2, 0.25) is 0 Å². The Labute approximate surface area is 143 Å². The minimum absolute atomic E-state index is 0.0207. The van der Waals surface area contributed by atoms with E-state index < -0.39 is 0 Å². The highest BCUT2D eigenvalue weighted by Crippen LogP contribution is 2.26. The minimum atomic E-state index is -0.173. The molecule has 0 aliphatic heterocycles. The van der Waals surface area contributed by atoms with Crippen molar-refractivity contribution in [2.75, 3.05) is 11.4 Å². The standard InChI is InChI=1S/C20H24N2O2/c1-14-10-15(2)20(16(3)11-14)22(17(4)23)13-19(24)21-12-18-8-6-5-7-9-18/h5-11H,12-13H2,1-4H3,(H,21,24). The number of benzene rings is 2. The molecule has 4 heteroatoms. The summed E-state index contributed by atoms with van der Waals surface area (Å²) >= 11 is 0. The third-order valence-electron chi connectivity index (χ3n) is 3.92. The van der Waals surface area contributed by atoms with Crippen LogP contribution in [0.25, 0.3) is 0 Å². The second-order valence-corrected chi connectivity index (χ2v) is 6.11. The first-order chi connectivity index (χ1) is 11.4. The highest BCUT2D eigenvalue weighted by atomic mass is 16.2. The van der Waals surface area contributed by atoms with Gasteiger partial charge in [0.1, 0.15) is 6.54 Å². The molecule has 0 aliphatic carbocycles. The molecule has 0 aliphatic rings. The fourth-order valence-corrected chi connectivity index (χ4v) is 2.94. The van der Waals surface area contributed by atoms with Crippen LogP contribution >= 0.6 is 0 Å². The Hall–Kier alpha value is -2.62. The van der Waals surface area contributed by atoms with Crippen LogP contribution in [0.5, 0.6) is 0 Å². The van der Waals surface area contributed by atoms with Gasteiger partial charge in [-0.3, -0.25) is 9.59 Å². The van der Waals surface area contributed by atoms with Crippen molar-refractivity contribution in [3.63, 3.8) is 0 Å². The lowest BCUT2D eigenvalue weighted by Gasteiger charge is -2.25. The molecule has 0 fully saturated rings. The van der Waals surface area contributed by atoms with Gasteiger partial charge in [-0.1, -0.05) is 48.0 Å². The van der Waals surface area contributed by atoms with Crippen molar-refractivity contribution >= 4 is 17.5 Å². The van der Waals surface area contributed by atoms with E-state index >= 15 is 0 Å². The van der Waals surface area contributed by atoms with E-state index in [0.29, 0.717) is 6.54 Å². The summed E-state index contributed by atoms with van der Waals surface area (Å²) in [5, 5.41) is 2.87. The Balaban J connectivity index is 2.12. The van der Waals surface area contributed by atoms with Crippen LogP contribution in [0.3, 0.4) is 0 Å². The molecule has 0 saturated carbocycles. The number of nitrogens with zero attached hydrogens (tertiary/aromatic N) is 1. The number of rotatable bonds is 5. The predicted molar refractivity (Wildman–Crippen MR) is 97.0 cm³/mol. The molecule has 126 valence electrons. The summed E-state index contributed by atoms with van der Waals surface area (Å²) in [6.07, 6.45) is 0. The van der Waals surface area contributed by atoms with E-state index in [2.05, 4.69) is 5.32 Å². The van der Waals surface area contributed by atoms with Gasteiger partial charge in [-0.2, -0.15) is 0 Å². The van der Waals surface area contributed by atoms with Gasteiger partial charge >= 0.3 is 0 Å². The summed E-state index contributed by atoms with van der Waals surface area (Å²) in [5.41, 5.74) is 4.99. The van der Waals surface area contributed by atoms with E-state index in [4.69, 9.17) is 0 Å². The topological polar surface area (TPSA) is 49.4 Å². The number of carbonyl (C=O) groups is 2. The van der Waals surface area contributed by atoms with Gasteiger partial charge in [0.25, 0.3) is 0 Å². The lowest BCUT2D eigenvalue weighted by molar-refractivity contribution is -0.123. The summed E-state index contributed by atoms with van der Waals surface area (Å²) < 4.78 is 0. The van der Waals surface area contributed by atoms with E-state index in [1.54, 1.807) is 4.90 Å². The molecular formula is C20H24N2O2. The van der Waals surface area contributed by atoms with Gasteiger partial charge in [-0.05, 0) is 37.5 Å². The number of amides is 2. The molecule has 0 unspecified atom stereocenters. The predicted octanol–water partition coefficient (Wildman–Crippen LogP) is 3.28. The van der Waals surface area contributed by atoms with Gasteiger partial charge in [0.2, 0.25) is 11.8 Å². The fourth-order valence-electron chi connectivity index (χ4n) is 2.94.